The molecule has 0 unspecified atom stereocenters. The van der Waals surface area contributed by atoms with Crippen LogP contribution >= 0.6 is 0 Å². The quantitative estimate of drug-likeness (QED) is 0.812. The molecule has 1 aromatic rings. The van der Waals surface area contributed by atoms with E-state index in [1.807, 2.05) is 0 Å². The third kappa shape index (κ3) is 1.90. The largest absolute Gasteiger partial charge is 0.398 e. The molecule has 1 aliphatic rings. The smallest absolute Gasteiger partial charge is 0.245 e. The van der Waals surface area contributed by atoms with E-state index in [2.05, 4.69) is 0 Å². The van der Waals surface area contributed by atoms with E-state index in [-0.39, 0.29) is 16.6 Å². The van der Waals surface area contributed by atoms with E-state index in [0.717, 1.165) is 25.0 Å². The SMILES string of the molecule is CN(C1CC1)S(=O)(=O)c1ccc(F)cc1N. The highest BCUT2D eigenvalue weighted by atomic mass is 32.2. The van der Waals surface area contributed by atoms with Gasteiger partial charge in [0.2, 0.25) is 10.0 Å². The molecule has 1 aliphatic carbocycles. The molecule has 0 saturated heterocycles. The van der Waals surface area contributed by atoms with Crippen LogP contribution in [0.1, 0.15) is 12.8 Å². The second-order valence-electron chi connectivity index (χ2n) is 3.93. The van der Waals surface area contributed by atoms with Crippen LogP contribution in [-0.2, 0) is 10.0 Å². The van der Waals surface area contributed by atoms with Crippen molar-refractivity contribution < 1.29 is 12.8 Å². The molecule has 2 rings (SSSR count). The molecular formula is C10H13FN2O2S. The molecule has 0 amide bonds. The van der Waals surface area contributed by atoms with E-state index < -0.39 is 15.8 Å². The molecule has 6 heteroatoms. The van der Waals surface area contributed by atoms with Crippen LogP contribution in [0.15, 0.2) is 23.1 Å². The Morgan fingerprint density at radius 3 is 2.56 bits per heavy atom. The molecule has 0 heterocycles. The summed E-state index contributed by atoms with van der Waals surface area (Å²) in [6.07, 6.45) is 1.74. The summed E-state index contributed by atoms with van der Waals surface area (Å²) in [5.74, 6) is -0.537. The van der Waals surface area contributed by atoms with Crippen LogP contribution in [0.25, 0.3) is 0 Å². The third-order valence-corrected chi connectivity index (χ3v) is 4.67. The fraction of sp³-hybridized carbons (Fsp3) is 0.400. The molecule has 88 valence electrons. The van der Waals surface area contributed by atoms with E-state index in [0.29, 0.717) is 0 Å². The topological polar surface area (TPSA) is 63.4 Å². The van der Waals surface area contributed by atoms with Gasteiger partial charge in [-0.25, -0.2) is 12.8 Å². The van der Waals surface area contributed by atoms with Gasteiger partial charge in [0.25, 0.3) is 0 Å². The van der Waals surface area contributed by atoms with Crippen molar-refractivity contribution in [2.45, 2.75) is 23.8 Å². The average molecular weight is 244 g/mol. The Kier molecular flexibility index (Phi) is 2.63. The first-order chi connectivity index (χ1) is 7.43. The molecule has 0 spiro atoms. The van der Waals surface area contributed by atoms with Crippen molar-refractivity contribution in [1.29, 1.82) is 0 Å². The predicted molar refractivity (Wildman–Crippen MR) is 58.8 cm³/mol. The van der Waals surface area contributed by atoms with E-state index in [1.165, 1.54) is 17.4 Å². The second kappa shape index (κ2) is 3.71. The lowest BCUT2D eigenvalue weighted by Crippen LogP contribution is -2.29. The Labute approximate surface area is 93.9 Å². The lowest BCUT2D eigenvalue weighted by atomic mass is 10.3. The number of halogens is 1. The summed E-state index contributed by atoms with van der Waals surface area (Å²) in [6.45, 7) is 0. The highest BCUT2D eigenvalue weighted by molar-refractivity contribution is 7.89. The molecule has 0 atom stereocenters. The molecular weight excluding hydrogens is 231 g/mol. The lowest BCUT2D eigenvalue weighted by Gasteiger charge is -2.17. The van der Waals surface area contributed by atoms with Gasteiger partial charge in [0.15, 0.2) is 0 Å². The molecule has 2 N–H and O–H groups in total. The van der Waals surface area contributed by atoms with E-state index in [1.54, 1.807) is 0 Å². The first kappa shape index (κ1) is 11.3. The van der Waals surface area contributed by atoms with Crippen LogP contribution in [0, 0.1) is 5.82 Å². The Bertz CT molecular complexity index is 512. The van der Waals surface area contributed by atoms with Gasteiger partial charge in [-0.1, -0.05) is 0 Å². The average Bonchev–Trinajstić information content (AvgIpc) is 2.98. The monoisotopic (exact) mass is 244 g/mol. The summed E-state index contributed by atoms with van der Waals surface area (Å²) in [5.41, 5.74) is 5.47. The summed E-state index contributed by atoms with van der Waals surface area (Å²) in [5, 5.41) is 0. The van der Waals surface area contributed by atoms with Crippen LogP contribution < -0.4 is 5.73 Å². The summed E-state index contributed by atoms with van der Waals surface area (Å²) in [6, 6.07) is 3.39. The van der Waals surface area contributed by atoms with Gasteiger partial charge in [-0.2, -0.15) is 4.31 Å². The maximum Gasteiger partial charge on any atom is 0.245 e. The molecule has 4 nitrogen and oxygen atoms in total. The van der Waals surface area contributed by atoms with Crippen molar-refractivity contribution in [3.8, 4) is 0 Å². The summed E-state index contributed by atoms with van der Waals surface area (Å²) in [4.78, 5) is -0.0247. The van der Waals surface area contributed by atoms with Crippen molar-refractivity contribution in [1.82, 2.24) is 4.31 Å². The number of nitrogen functional groups attached to an aromatic ring is 1. The number of nitrogens with two attached hydrogens (primary N) is 1. The molecule has 0 aromatic heterocycles. The molecule has 1 aromatic carbocycles. The van der Waals surface area contributed by atoms with Gasteiger partial charge >= 0.3 is 0 Å². The summed E-state index contributed by atoms with van der Waals surface area (Å²) in [7, 11) is -2.06. The van der Waals surface area contributed by atoms with Gasteiger partial charge in [0.1, 0.15) is 10.7 Å². The molecule has 0 aliphatic heterocycles. The first-order valence-corrected chi connectivity index (χ1v) is 6.40. The van der Waals surface area contributed by atoms with Gasteiger partial charge in [-0.05, 0) is 31.0 Å². The molecule has 0 radical (unpaired) electrons. The van der Waals surface area contributed by atoms with Crippen LogP contribution in [0.4, 0.5) is 10.1 Å². The van der Waals surface area contributed by atoms with Gasteiger partial charge in [0, 0.05) is 13.1 Å². The Morgan fingerprint density at radius 2 is 2.06 bits per heavy atom. The summed E-state index contributed by atoms with van der Waals surface area (Å²) >= 11 is 0. The lowest BCUT2D eigenvalue weighted by molar-refractivity contribution is 0.464. The van der Waals surface area contributed by atoms with Crippen molar-refractivity contribution in [3.05, 3.63) is 24.0 Å². The zero-order valence-electron chi connectivity index (χ0n) is 8.85. The Morgan fingerprint density at radius 1 is 1.44 bits per heavy atom. The van der Waals surface area contributed by atoms with Crippen molar-refractivity contribution in [2.24, 2.45) is 0 Å². The van der Waals surface area contributed by atoms with Crippen LogP contribution in [-0.4, -0.2) is 25.8 Å². The van der Waals surface area contributed by atoms with Crippen molar-refractivity contribution >= 4 is 15.7 Å². The Hall–Kier alpha value is -1.14. The number of anilines is 1. The third-order valence-electron chi connectivity index (χ3n) is 2.69. The minimum atomic E-state index is -3.58. The molecule has 1 saturated carbocycles. The normalized spacial score (nSPS) is 16.7. The minimum absolute atomic E-state index is 0.0247. The van der Waals surface area contributed by atoms with Crippen molar-refractivity contribution in [3.63, 3.8) is 0 Å². The fourth-order valence-corrected chi connectivity index (χ4v) is 3.05. The highest BCUT2D eigenvalue weighted by Crippen LogP contribution is 2.32. The zero-order chi connectivity index (χ0) is 11.9. The van der Waals surface area contributed by atoms with Crippen molar-refractivity contribution in [2.75, 3.05) is 12.8 Å². The van der Waals surface area contributed by atoms with Gasteiger partial charge in [-0.3, -0.25) is 0 Å². The number of hydrogen-bond donors (Lipinski definition) is 1. The number of hydrogen-bond acceptors (Lipinski definition) is 3. The molecule has 0 bridgehead atoms. The number of benzene rings is 1. The fourth-order valence-electron chi connectivity index (χ4n) is 1.54. The van der Waals surface area contributed by atoms with Gasteiger partial charge < -0.3 is 5.73 Å². The minimum Gasteiger partial charge on any atom is -0.398 e. The second-order valence-corrected chi connectivity index (χ2v) is 5.90. The number of rotatable bonds is 3. The maximum absolute atomic E-state index is 12.8. The standard InChI is InChI=1S/C10H13FN2O2S/c1-13(8-3-4-8)16(14,15)10-5-2-7(11)6-9(10)12/h2,5-6,8H,3-4,12H2,1H3. The first-order valence-electron chi connectivity index (χ1n) is 4.96. The molecule has 16 heavy (non-hydrogen) atoms. The van der Waals surface area contributed by atoms with Gasteiger partial charge in [-0.15, -0.1) is 0 Å². The predicted octanol–water partition coefficient (Wildman–Crippen LogP) is 1.19. The molecule has 1 fully saturated rings. The van der Waals surface area contributed by atoms with Crippen LogP contribution in [0.2, 0.25) is 0 Å². The number of nitrogens with zero attached hydrogens (tertiary/aromatic N) is 1. The van der Waals surface area contributed by atoms with E-state index in [4.69, 9.17) is 5.73 Å². The maximum atomic E-state index is 12.8. The zero-order valence-corrected chi connectivity index (χ0v) is 9.67. The van der Waals surface area contributed by atoms with Crippen LogP contribution in [0.3, 0.4) is 0 Å². The van der Waals surface area contributed by atoms with E-state index >= 15 is 0 Å². The van der Waals surface area contributed by atoms with Crippen LogP contribution in [0.5, 0.6) is 0 Å². The van der Waals surface area contributed by atoms with Gasteiger partial charge in [0.05, 0.1) is 5.69 Å². The van der Waals surface area contributed by atoms with E-state index in [9.17, 15) is 12.8 Å². The highest BCUT2D eigenvalue weighted by Gasteiger charge is 2.35. The number of sulfonamides is 1. The summed E-state index contributed by atoms with van der Waals surface area (Å²) < 4.78 is 38.3. The Balaban J connectivity index is 2.42.